The predicted octanol–water partition coefficient (Wildman–Crippen LogP) is 7.66. The lowest BCUT2D eigenvalue weighted by atomic mass is 10.1. The van der Waals surface area contributed by atoms with Crippen molar-refractivity contribution in [3.63, 3.8) is 0 Å². The molecule has 0 radical (unpaired) electrons. The number of carbonyl (C=O) groups excluding carboxylic acids is 3. The lowest BCUT2D eigenvalue weighted by Crippen LogP contribution is -2.46. The molecule has 3 rings (SSSR count). The SMILES string of the molecule is CCCCCCCCCCC(=O)N(C(=O)NC(=O)c1ccccc1[N+](=O)[O-])c1ccc(Oc2ncc(Br)cn2)c(C)c1. The Morgan fingerprint density at radius 1 is 0.976 bits per heavy atom. The minimum Gasteiger partial charge on any atom is -0.424 e. The zero-order valence-electron chi connectivity index (χ0n) is 23.7. The summed E-state index contributed by atoms with van der Waals surface area (Å²) in [5.41, 5.74) is 0.0589. The lowest BCUT2D eigenvalue weighted by Gasteiger charge is -2.22. The van der Waals surface area contributed by atoms with Crippen LogP contribution < -0.4 is 15.0 Å². The second-order valence-electron chi connectivity index (χ2n) is 9.72. The monoisotopic (exact) mass is 639 g/mol. The molecule has 0 saturated heterocycles. The number of aromatic nitrogens is 2. The summed E-state index contributed by atoms with van der Waals surface area (Å²) in [5.74, 6) is -1.08. The fourth-order valence-corrected chi connectivity index (χ4v) is 4.49. The standard InChI is InChI=1S/C30H34BrN5O6/c1-3-4-5-6-7-8-9-10-15-27(37)35(30(39)34-28(38)24-13-11-12-14-25(24)36(40)41)23-16-17-26(21(2)18-23)42-29-32-19-22(31)20-33-29/h11-14,16-20H,3-10,15H2,1-2H3,(H,34,38,39). The summed E-state index contributed by atoms with van der Waals surface area (Å²) in [5, 5.41) is 13.5. The number of aryl methyl sites for hydroxylation is 1. The molecule has 4 amide bonds. The summed E-state index contributed by atoms with van der Waals surface area (Å²) in [6.07, 6.45) is 11.4. The maximum absolute atomic E-state index is 13.4. The summed E-state index contributed by atoms with van der Waals surface area (Å²) >= 11 is 3.27. The van der Waals surface area contributed by atoms with E-state index in [2.05, 4.69) is 38.1 Å². The molecule has 0 aliphatic carbocycles. The molecule has 0 spiro atoms. The number of urea groups is 1. The second-order valence-corrected chi connectivity index (χ2v) is 10.6. The van der Waals surface area contributed by atoms with Gasteiger partial charge < -0.3 is 4.74 Å². The first-order chi connectivity index (χ1) is 20.2. The molecular weight excluding hydrogens is 606 g/mol. The van der Waals surface area contributed by atoms with Crippen molar-refractivity contribution in [3.8, 4) is 11.8 Å². The number of para-hydroxylation sites is 1. The van der Waals surface area contributed by atoms with Gasteiger partial charge >= 0.3 is 12.0 Å². The predicted molar refractivity (Wildman–Crippen MR) is 162 cm³/mol. The molecule has 1 heterocycles. The van der Waals surface area contributed by atoms with Crippen LogP contribution in [0.5, 0.6) is 11.8 Å². The van der Waals surface area contributed by atoms with Crippen LogP contribution in [0, 0.1) is 17.0 Å². The van der Waals surface area contributed by atoms with Crippen molar-refractivity contribution in [2.24, 2.45) is 0 Å². The lowest BCUT2D eigenvalue weighted by molar-refractivity contribution is -0.385. The quantitative estimate of drug-likeness (QED) is 0.107. The van der Waals surface area contributed by atoms with Gasteiger partial charge in [0.25, 0.3) is 11.6 Å². The zero-order chi connectivity index (χ0) is 30.5. The number of anilines is 1. The molecule has 0 unspecified atom stereocenters. The van der Waals surface area contributed by atoms with Gasteiger partial charge in [-0.2, -0.15) is 0 Å². The van der Waals surface area contributed by atoms with Crippen molar-refractivity contribution in [2.75, 3.05) is 4.90 Å². The summed E-state index contributed by atoms with van der Waals surface area (Å²) in [6.45, 7) is 3.90. The topological polar surface area (TPSA) is 145 Å². The number of carbonyl (C=O) groups is 3. The number of hydrogen-bond acceptors (Lipinski definition) is 8. The van der Waals surface area contributed by atoms with Crippen LogP contribution in [0.1, 0.15) is 80.6 Å². The first-order valence-corrected chi connectivity index (χ1v) is 14.7. The molecular formula is C30H34BrN5O6. The molecule has 0 fully saturated rings. The van der Waals surface area contributed by atoms with E-state index in [1.807, 2.05) is 0 Å². The number of nitro benzene ring substituents is 1. The first kappa shape index (κ1) is 32.3. The van der Waals surface area contributed by atoms with Crippen LogP contribution in [0.2, 0.25) is 0 Å². The number of ether oxygens (including phenoxy) is 1. The minimum absolute atomic E-state index is 0.0894. The Kier molecular flexibility index (Phi) is 12.5. The number of unbranched alkanes of at least 4 members (excludes halogenated alkanes) is 7. The highest BCUT2D eigenvalue weighted by molar-refractivity contribution is 9.10. The van der Waals surface area contributed by atoms with Crippen LogP contribution in [-0.4, -0.2) is 32.7 Å². The molecule has 0 bridgehead atoms. The Morgan fingerprint density at radius 2 is 1.62 bits per heavy atom. The van der Waals surface area contributed by atoms with Gasteiger partial charge in [-0.15, -0.1) is 0 Å². The Labute approximate surface area is 253 Å². The Balaban J connectivity index is 1.78. The van der Waals surface area contributed by atoms with Crippen molar-refractivity contribution >= 4 is 45.2 Å². The van der Waals surface area contributed by atoms with Crippen molar-refractivity contribution in [1.82, 2.24) is 15.3 Å². The van der Waals surface area contributed by atoms with E-state index in [0.29, 0.717) is 22.2 Å². The molecule has 0 atom stereocenters. The van der Waals surface area contributed by atoms with Crippen LogP contribution in [0.15, 0.2) is 59.3 Å². The first-order valence-electron chi connectivity index (χ1n) is 13.9. The Morgan fingerprint density at radius 3 is 2.26 bits per heavy atom. The molecule has 1 N–H and O–H groups in total. The van der Waals surface area contributed by atoms with Gasteiger partial charge in [-0.05, 0) is 59.1 Å². The van der Waals surface area contributed by atoms with E-state index in [4.69, 9.17) is 4.74 Å². The smallest absolute Gasteiger partial charge is 0.335 e. The number of hydrogen-bond donors (Lipinski definition) is 1. The van der Waals surface area contributed by atoms with E-state index in [9.17, 15) is 24.5 Å². The van der Waals surface area contributed by atoms with E-state index in [1.165, 1.54) is 62.0 Å². The number of nitro groups is 1. The van der Waals surface area contributed by atoms with Gasteiger partial charge in [-0.3, -0.25) is 25.0 Å². The number of amides is 4. The number of rotatable bonds is 14. The number of imide groups is 2. The average Bonchev–Trinajstić information content (AvgIpc) is 2.97. The molecule has 11 nitrogen and oxygen atoms in total. The molecule has 1 aromatic heterocycles. The molecule has 12 heteroatoms. The summed E-state index contributed by atoms with van der Waals surface area (Å²) < 4.78 is 6.43. The highest BCUT2D eigenvalue weighted by Crippen LogP contribution is 2.28. The van der Waals surface area contributed by atoms with Crippen molar-refractivity contribution in [1.29, 1.82) is 0 Å². The number of benzene rings is 2. The van der Waals surface area contributed by atoms with Gasteiger partial charge in [-0.25, -0.2) is 19.7 Å². The number of halogens is 1. The number of nitrogens with zero attached hydrogens (tertiary/aromatic N) is 4. The molecule has 2 aromatic carbocycles. The van der Waals surface area contributed by atoms with Gasteiger partial charge in [0, 0.05) is 24.9 Å². The molecule has 3 aromatic rings. The van der Waals surface area contributed by atoms with Crippen LogP contribution >= 0.6 is 15.9 Å². The maximum atomic E-state index is 13.4. The van der Waals surface area contributed by atoms with Gasteiger partial charge in [0.05, 0.1) is 15.1 Å². The normalized spacial score (nSPS) is 10.6. The Hall–Kier alpha value is -4.19. The van der Waals surface area contributed by atoms with E-state index >= 15 is 0 Å². The second kappa shape index (κ2) is 16.3. The average molecular weight is 641 g/mol. The summed E-state index contributed by atoms with van der Waals surface area (Å²) in [7, 11) is 0. The fourth-order valence-electron chi connectivity index (χ4n) is 4.28. The third-order valence-electron chi connectivity index (χ3n) is 6.48. The van der Waals surface area contributed by atoms with Gasteiger partial charge in [0.1, 0.15) is 11.3 Å². The summed E-state index contributed by atoms with van der Waals surface area (Å²) in [4.78, 5) is 59.3. The van der Waals surface area contributed by atoms with Gasteiger partial charge in [0.2, 0.25) is 5.91 Å². The minimum atomic E-state index is -1.01. The van der Waals surface area contributed by atoms with Crippen LogP contribution in [0.3, 0.4) is 0 Å². The molecule has 0 aliphatic heterocycles. The highest BCUT2D eigenvalue weighted by Gasteiger charge is 2.28. The summed E-state index contributed by atoms with van der Waals surface area (Å²) in [6, 6.07) is 9.06. The number of nitrogens with one attached hydrogen (secondary N) is 1. The zero-order valence-corrected chi connectivity index (χ0v) is 25.3. The van der Waals surface area contributed by atoms with E-state index in [0.717, 1.165) is 30.6 Å². The van der Waals surface area contributed by atoms with Gasteiger partial charge in [-0.1, -0.05) is 64.0 Å². The van der Waals surface area contributed by atoms with Crippen LogP contribution in [0.4, 0.5) is 16.2 Å². The van der Waals surface area contributed by atoms with E-state index in [1.54, 1.807) is 19.1 Å². The fraction of sp³-hybridized carbons (Fsp3) is 0.367. The third kappa shape index (κ3) is 9.44. The highest BCUT2D eigenvalue weighted by atomic mass is 79.9. The van der Waals surface area contributed by atoms with Crippen molar-refractivity contribution in [2.45, 2.75) is 71.6 Å². The van der Waals surface area contributed by atoms with Crippen molar-refractivity contribution < 1.29 is 24.0 Å². The molecule has 42 heavy (non-hydrogen) atoms. The van der Waals surface area contributed by atoms with E-state index < -0.39 is 28.5 Å². The van der Waals surface area contributed by atoms with Crippen LogP contribution in [0.25, 0.3) is 0 Å². The van der Waals surface area contributed by atoms with Crippen molar-refractivity contribution in [3.05, 3.63) is 80.6 Å². The Bertz CT molecular complexity index is 1400. The molecule has 222 valence electrons. The van der Waals surface area contributed by atoms with Gasteiger partial charge in [0.15, 0.2) is 0 Å². The molecule has 0 saturated carbocycles. The van der Waals surface area contributed by atoms with E-state index in [-0.39, 0.29) is 23.7 Å². The largest absolute Gasteiger partial charge is 0.424 e. The van der Waals surface area contributed by atoms with Crippen LogP contribution in [-0.2, 0) is 4.79 Å². The third-order valence-corrected chi connectivity index (χ3v) is 6.89. The maximum Gasteiger partial charge on any atom is 0.335 e. The molecule has 0 aliphatic rings.